The van der Waals surface area contributed by atoms with Gasteiger partial charge in [0.05, 0.1) is 0 Å². The second kappa shape index (κ2) is 5.50. The van der Waals surface area contributed by atoms with E-state index in [1.807, 2.05) is 31.2 Å². The lowest BCUT2D eigenvalue weighted by molar-refractivity contribution is -0.818. The Kier molecular flexibility index (Phi) is 3.77. The molecule has 2 amide bonds. The third-order valence-corrected chi connectivity index (χ3v) is 7.53. The Morgan fingerprint density at radius 3 is 2.58 bits per heavy atom. The van der Waals surface area contributed by atoms with Crippen LogP contribution >= 0.6 is 15.9 Å². The monoisotopic (exact) mass is 390 g/mol. The third-order valence-electron chi connectivity index (χ3n) is 6.81. The number of likely N-dealkylation sites (tertiary alicyclic amines) is 1. The highest BCUT2D eigenvalue weighted by Crippen LogP contribution is 2.48. The molecule has 1 saturated heterocycles. The first-order valence-corrected chi connectivity index (χ1v) is 9.85. The van der Waals surface area contributed by atoms with E-state index in [2.05, 4.69) is 28.9 Å². The minimum atomic E-state index is -0.655. The number of amides is 2. The number of allylic oxidation sites excluding steroid dienone is 4. The highest BCUT2D eigenvalue weighted by molar-refractivity contribution is 9.11. The van der Waals surface area contributed by atoms with Gasteiger partial charge < -0.3 is 0 Å². The normalized spacial score (nSPS) is 47.4. The van der Waals surface area contributed by atoms with Gasteiger partial charge in [-0.05, 0) is 36.6 Å². The zero-order valence-electron chi connectivity index (χ0n) is 14.3. The molecule has 2 fully saturated rings. The summed E-state index contributed by atoms with van der Waals surface area (Å²) < 4.78 is 1.27. The molecule has 128 valence electrons. The van der Waals surface area contributed by atoms with Crippen LogP contribution in [0.5, 0.6) is 0 Å². The lowest BCUT2D eigenvalue weighted by atomic mass is 9.59. The fraction of sp³-hybridized carbons (Fsp3) is 0.600. The lowest BCUT2D eigenvalue weighted by Gasteiger charge is -2.52. The van der Waals surface area contributed by atoms with Crippen molar-refractivity contribution >= 4 is 27.7 Å². The number of rotatable bonds is 2. The van der Waals surface area contributed by atoms with Gasteiger partial charge in [0, 0.05) is 18.8 Å². The topological polar surface area (TPSA) is 38.6 Å². The predicted molar refractivity (Wildman–Crippen MR) is 96.3 cm³/mol. The molecular weight excluding hydrogens is 366 g/mol. The molecule has 0 aromatic carbocycles. The average molecular weight is 391 g/mol. The standard InChI is InChI=1S/C20H24BrNO2/c1-13-11-20(12-13,14-6-8-15(21)9-7-14)22-17(23)16-5-3-4-10-19(16,2)18(22)24/h3-5,8,10,13-14,16H,6-7,9,11-12H2,1-2H3/p+1. The van der Waals surface area contributed by atoms with Gasteiger partial charge in [0.25, 0.3) is 0 Å². The van der Waals surface area contributed by atoms with Crippen LogP contribution in [-0.2, 0) is 9.59 Å². The highest BCUT2D eigenvalue weighted by Gasteiger charge is 2.69. The van der Waals surface area contributed by atoms with E-state index in [1.54, 1.807) is 0 Å². The minimum Gasteiger partial charge on any atom is -0.230 e. The van der Waals surface area contributed by atoms with Crippen molar-refractivity contribution in [3.8, 4) is 0 Å². The third kappa shape index (κ3) is 2.12. The number of hydrogen-bond acceptors (Lipinski definition) is 2. The summed E-state index contributed by atoms with van der Waals surface area (Å²) >= 11 is 3.60. The molecule has 4 rings (SSSR count). The summed E-state index contributed by atoms with van der Waals surface area (Å²) in [6.45, 7) is 4.18. The van der Waals surface area contributed by atoms with E-state index in [-0.39, 0.29) is 23.3 Å². The summed E-state index contributed by atoms with van der Waals surface area (Å²) in [5, 5.41) is 0. The molecule has 3 aliphatic carbocycles. The molecule has 3 nitrogen and oxygen atoms in total. The second-order valence-electron chi connectivity index (χ2n) is 8.36. The Morgan fingerprint density at radius 2 is 2.00 bits per heavy atom. The molecule has 1 saturated carbocycles. The Morgan fingerprint density at radius 1 is 1.25 bits per heavy atom. The number of carbonyl (C=O) groups is 2. The molecule has 0 aromatic heterocycles. The van der Waals surface area contributed by atoms with Crippen molar-refractivity contribution < 1.29 is 14.5 Å². The molecule has 0 bridgehead atoms. The molecule has 0 aromatic rings. The maximum Gasteiger partial charge on any atom is 0.330 e. The summed E-state index contributed by atoms with van der Waals surface area (Å²) in [5.74, 6) is 0.939. The Balaban J connectivity index is 1.72. The van der Waals surface area contributed by atoms with Crippen molar-refractivity contribution in [3.05, 3.63) is 34.9 Å². The van der Waals surface area contributed by atoms with Gasteiger partial charge in [-0.25, -0.2) is 14.5 Å². The summed E-state index contributed by atoms with van der Waals surface area (Å²) in [7, 11) is 0. The molecule has 1 aliphatic heterocycles. The SMILES string of the molecule is CC1CC(C2CC=C(Br)CC2)([NH+]2C(=O)C3C=CC=CC3(C)C2=O)C1. The van der Waals surface area contributed by atoms with E-state index >= 15 is 0 Å². The van der Waals surface area contributed by atoms with E-state index in [0.717, 1.165) is 32.1 Å². The molecule has 4 unspecified atom stereocenters. The van der Waals surface area contributed by atoms with Crippen LogP contribution in [0.25, 0.3) is 0 Å². The van der Waals surface area contributed by atoms with Crippen LogP contribution in [-0.4, -0.2) is 17.4 Å². The largest absolute Gasteiger partial charge is 0.330 e. The van der Waals surface area contributed by atoms with E-state index in [0.29, 0.717) is 16.7 Å². The highest BCUT2D eigenvalue weighted by atomic mass is 79.9. The van der Waals surface area contributed by atoms with Crippen LogP contribution in [0.2, 0.25) is 0 Å². The zero-order valence-corrected chi connectivity index (χ0v) is 15.9. The summed E-state index contributed by atoms with van der Waals surface area (Å²) in [6, 6.07) is 0. The number of fused-ring (bicyclic) bond motifs is 1. The van der Waals surface area contributed by atoms with Crippen molar-refractivity contribution in [2.45, 2.75) is 51.5 Å². The van der Waals surface area contributed by atoms with Crippen LogP contribution in [0.15, 0.2) is 34.9 Å². The summed E-state index contributed by atoms with van der Waals surface area (Å²) in [6.07, 6.45) is 15.0. The zero-order chi connectivity index (χ0) is 17.1. The van der Waals surface area contributed by atoms with Crippen molar-refractivity contribution in [2.75, 3.05) is 0 Å². The average Bonchev–Trinajstić information content (AvgIpc) is 2.73. The van der Waals surface area contributed by atoms with Crippen molar-refractivity contribution in [1.29, 1.82) is 0 Å². The number of carbonyl (C=O) groups excluding carboxylic acids is 2. The molecule has 4 heteroatoms. The van der Waals surface area contributed by atoms with Crippen LogP contribution in [0.1, 0.15) is 46.0 Å². The molecule has 24 heavy (non-hydrogen) atoms. The quantitative estimate of drug-likeness (QED) is 0.736. The summed E-state index contributed by atoms with van der Waals surface area (Å²) in [5.41, 5.74) is -0.835. The predicted octanol–water partition coefficient (Wildman–Crippen LogP) is 2.93. The fourth-order valence-electron chi connectivity index (χ4n) is 5.55. The van der Waals surface area contributed by atoms with Gasteiger partial charge in [0.1, 0.15) is 16.9 Å². The molecule has 1 heterocycles. The van der Waals surface area contributed by atoms with Crippen LogP contribution in [0, 0.1) is 23.2 Å². The van der Waals surface area contributed by atoms with E-state index in [9.17, 15) is 9.59 Å². The number of nitrogens with one attached hydrogen (secondary N) is 1. The van der Waals surface area contributed by atoms with Gasteiger partial charge in [0.2, 0.25) is 0 Å². The molecule has 0 spiro atoms. The van der Waals surface area contributed by atoms with Gasteiger partial charge in [-0.3, -0.25) is 0 Å². The van der Waals surface area contributed by atoms with E-state index in [1.165, 1.54) is 4.48 Å². The van der Waals surface area contributed by atoms with Crippen LogP contribution in [0.3, 0.4) is 0 Å². The number of quaternary nitrogens is 1. The second-order valence-corrected chi connectivity index (χ2v) is 9.38. The number of halogens is 1. The first-order valence-electron chi connectivity index (χ1n) is 9.05. The maximum absolute atomic E-state index is 13.4. The van der Waals surface area contributed by atoms with Crippen LogP contribution in [0.4, 0.5) is 0 Å². The van der Waals surface area contributed by atoms with Crippen LogP contribution < -0.4 is 4.90 Å². The van der Waals surface area contributed by atoms with Gasteiger partial charge in [-0.2, -0.15) is 0 Å². The Hall–Kier alpha value is -1.00. The van der Waals surface area contributed by atoms with E-state index in [4.69, 9.17) is 0 Å². The minimum absolute atomic E-state index is 0.0959. The van der Waals surface area contributed by atoms with Crippen molar-refractivity contribution in [3.63, 3.8) is 0 Å². The first kappa shape index (κ1) is 16.5. The molecular formula is C20H25BrNO2+. The number of hydrogen-bond donors (Lipinski definition) is 1. The van der Waals surface area contributed by atoms with E-state index < -0.39 is 5.41 Å². The van der Waals surface area contributed by atoms with Crippen molar-refractivity contribution in [2.24, 2.45) is 23.2 Å². The maximum atomic E-state index is 13.4. The first-order chi connectivity index (χ1) is 11.4. The van der Waals surface area contributed by atoms with Gasteiger partial charge >= 0.3 is 11.8 Å². The summed E-state index contributed by atoms with van der Waals surface area (Å²) in [4.78, 5) is 27.3. The Bertz CT molecular complexity index is 686. The molecule has 1 N–H and O–H groups in total. The molecule has 0 radical (unpaired) electrons. The molecule has 4 aliphatic rings. The van der Waals surface area contributed by atoms with Gasteiger partial charge in [-0.1, -0.05) is 53.2 Å². The molecule has 4 atom stereocenters. The van der Waals surface area contributed by atoms with Gasteiger partial charge in [-0.15, -0.1) is 0 Å². The smallest absolute Gasteiger partial charge is 0.230 e. The number of imide groups is 1. The Labute approximate surface area is 152 Å². The lowest BCUT2D eigenvalue weighted by Crippen LogP contribution is -3.25. The van der Waals surface area contributed by atoms with Crippen molar-refractivity contribution in [1.82, 2.24) is 0 Å². The fourth-order valence-corrected chi connectivity index (χ4v) is 5.96. The van der Waals surface area contributed by atoms with Gasteiger partial charge in [0.15, 0.2) is 0 Å².